The molecular weight excluding hydrogens is 1240 g/mol. The number of Topliss-reactive ketones (excluding diaryl/α,β-unsaturated/α-hetero) is 3. The molecule has 14 heteroatoms. The van der Waals surface area contributed by atoms with E-state index in [0.717, 1.165) is 128 Å². The molecule has 16 rings (SSSR count). The first-order valence-corrected chi connectivity index (χ1v) is 36.9. The molecule has 3 aliphatic heterocycles. The van der Waals surface area contributed by atoms with Crippen LogP contribution in [-0.4, -0.2) is 93.3 Å². The van der Waals surface area contributed by atoms with Gasteiger partial charge in [-0.1, -0.05) is 180 Å². The van der Waals surface area contributed by atoms with Crippen molar-refractivity contribution < 1.29 is 61.1 Å². The number of rotatable bonds is 3. The molecule has 528 valence electrons. The second-order valence-corrected chi connectivity index (χ2v) is 35.0. The Morgan fingerprint density at radius 2 is 0.889 bits per heavy atom. The standard InChI is InChI=1S/2C23H30N2O.C23H28N2O.C14H19NO2.CH3O.CH4.Na.H2/c1-22(2)20-9-8-19(13-23(20,3)12-18-14-24-26-21(18)22)25-11-10-16-6-4-5-7-17(16)15-25;2*1-22(2)20-10-9-18(13-23(20,3)14-19(24-4)21(22)26)25-12-11-16-7-5-6-8-17(16)15-25;1-13(2)11-5-4-10(16)7-14(11,3)6-9-8-15-17-12(9)13;1-2;;;/h4-7,14,19-20H,8-13,15H2,1-3H3;5-8,18-20H,9-15H2,1-3H3;5-8,14,18,20H,9-13,15H2,1-3H3;8,11H,4-7H2,1-3H3;1H3;1H4;;1H/q;;;;-1;;+1;/t19-,20-,23+;18-,19?,20-,23-;18-,20-,23-;11-,14+;;;;/m0000..../s1/i;;;;;;;1+1D. The number of carbonyl (C=O) groups excluding carboxylic acids is 3. The van der Waals surface area contributed by atoms with E-state index in [9.17, 15) is 14.4 Å². The Hall–Kier alpha value is -5.35. The van der Waals surface area contributed by atoms with E-state index in [0.29, 0.717) is 65.1 Å². The van der Waals surface area contributed by atoms with Gasteiger partial charge in [-0.2, -0.15) is 7.11 Å². The molecule has 5 aromatic rings. The third kappa shape index (κ3) is 14.3. The third-order valence-electron chi connectivity index (χ3n) is 27.4. The summed E-state index contributed by atoms with van der Waals surface area (Å²) in [6.45, 7) is 48.5. The number of benzene rings is 3. The van der Waals surface area contributed by atoms with Crippen LogP contribution in [0.5, 0.6) is 0 Å². The zero-order valence-corrected chi connectivity index (χ0v) is 63.8. The molecule has 0 saturated heterocycles. The van der Waals surface area contributed by atoms with Gasteiger partial charge >= 0.3 is 29.6 Å². The van der Waals surface area contributed by atoms with E-state index in [1.165, 1.54) is 77.6 Å². The number of aromatic nitrogens is 2. The maximum absolute atomic E-state index is 12.8. The van der Waals surface area contributed by atoms with Crippen molar-refractivity contribution >= 4 is 17.3 Å². The van der Waals surface area contributed by atoms with Crippen molar-refractivity contribution in [2.24, 2.45) is 56.2 Å². The summed E-state index contributed by atoms with van der Waals surface area (Å²) in [5, 5.41) is 16.3. The summed E-state index contributed by atoms with van der Waals surface area (Å²) >= 11 is 0. The Kier molecular flexibility index (Phi) is 22.2. The van der Waals surface area contributed by atoms with Crippen molar-refractivity contribution in [3.8, 4) is 0 Å². The van der Waals surface area contributed by atoms with Gasteiger partial charge in [0.25, 0.3) is 6.04 Å². The van der Waals surface area contributed by atoms with Crippen LogP contribution < -0.4 is 34.7 Å². The molecule has 0 bridgehead atoms. The average molecular weight is 1360 g/mol. The topological polar surface area (TPSA) is 145 Å². The Bertz CT molecular complexity index is 3880. The number of ketones is 3. The first-order chi connectivity index (χ1) is 47.1. The van der Waals surface area contributed by atoms with Crippen LogP contribution in [0.15, 0.2) is 106 Å². The van der Waals surface area contributed by atoms with Crippen LogP contribution >= 0.6 is 0 Å². The van der Waals surface area contributed by atoms with Crippen LogP contribution in [0.1, 0.15) is 233 Å². The van der Waals surface area contributed by atoms with E-state index in [1.807, 2.05) is 32.3 Å². The van der Waals surface area contributed by atoms with Gasteiger partial charge in [-0.3, -0.25) is 24.3 Å². The summed E-state index contributed by atoms with van der Waals surface area (Å²) in [5.74, 6) is 4.77. The van der Waals surface area contributed by atoms with Gasteiger partial charge in [0.1, 0.15) is 17.3 Å². The quantitative estimate of drug-likeness (QED) is 0.126. The van der Waals surface area contributed by atoms with Crippen molar-refractivity contribution in [2.75, 3.05) is 26.7 Å². The maximum atomic E-state index is 12.8. The summed E-state index contributed by atoms with van der Waals surface area (Å²) in [5.41, 5.74) is 11.7. The number of allylic oxidation sites excluding steroid dienone is 2. The first kappa shape index (κ1) is 74.8. The maximum Gasteiger partial charge on any atom is 1.00 e. The van der Waals surface area contributed by atoms with Gasteiger partial charge in [0, 0.05) is 112 Å². The van der Waals surface area contributed by atoms with Gasteiger partial charge in [-0.25, -0.2) is 11.4 Å². The van der Waals surface area contributed by atoms with Crippen LogP contribution in [0, 0.1) is 69.3 Å². The Balaban J connectivity index is 0.000000155. The van der Waals surface area contributed by atoms with Crippen molar-refractivity contribution in [3.05, 3.63) is 176 Å². The summed E-state index contributed by atoms with van der Waals surface area (Å²) < 4.78 is 21.1. The molecule has 5 heterocycles. The minimum absolute atomic E-state index is 0. The van der Waals surface area contributed by atoms with Crippen LogP contribution in [0.25, 0.3) is 9.69 Å². The molecule has 0 N–H and O–H groups in total. The zero-order valence-electron chi connectivity index (χ0n) is 63.8. The number of carbonyl (C=O) groups is 3. The van der Waals surface area contributed by atoms with Gasteiger partial charge in [0.15, 0.2) is 5.78 Å². The number of hydrogen-bond donors (Lipinski definition) is 0. The predicted molar refractivity (Wildman–Crippen MR) is 388 cm³/mol. The molecule has 12 atom stereocenters. The molecular formula is C85H116N7NaO6. The monoisotopic (exact) mass is 1360 g/mol. The smallest absolute Gasteiger partial charge is 0.857 e. The van der Waals surface area contributed by atoms with Gasteiger partial charge < -0.3 is 23.8 Å². The van der Waals surface area contributed by atoms with Gasteiger partial charge in [0.05, 0.1) is 19.0 Å². The number of hydrogen-bond acceptors (Lipinski definition) is 11. The molecule has 0 amide bonds. The van der Waals surface area contributed by atoms with E-state index >= 15 is 0 Å². The van der Waals surface area contributed by atoms with Crippen LogP contribution in [-0.2, 0) is 77.0 Å². The zero-order chi connectivity index (χ0) is 71.3. The molecule has 1 unspecified atom stereocenters. The fourth-order valence-corrected chi connectivity index (χ4v) is 23.0. The van der Waals surface area contributed by atoms with Crippen LogP contribution in [0.2, 0.25) is 0 Å². The van der Waals surface area contributed by atoms with E-state index in [1.54, 1.807) is 5.56 Å². The number of fused-ring (bicyclic) bond motifs is 9. The Morgan fingerprint density at radius 3 is 1.34 bits per heavy atom. The fraction of sp³-hybridized carbons (Fsp3) is 0.635. The molecule has 3 aromatic carbocycles. The summed E-state index contributed by atoms with van der Waals surface area (Å²) in [7, 11) is 0.750. The molecule has 5 saturated carbocycles. The average Bonchev–Trinajstić information content (AvgIpc) is 1.55. The molecule has 11 aliphatic rings. The van der Waals surface area contributed by atoms with Gasteiger partial charge in [-0.05, 0) is 175 Å². The van der Waals surface area contributed by atoms with Crippen molar-refractivity contribution in [2.45, 2.75) is 261 Å². The largest absolute Gasteiger partial charge is 1.00 e. The molecule has 99 heavy (non-hydrogen) atoms. The Labute approximate surface area is 618 Å². The molecule has 0 radical (unpaired) electrons. The van der Waals surface area contributed by atoms with Crippen LogP contribution in [0.4, 0.5) is 0 Å². The van der Waals surface area contributed by atoms with Crippen molar-refractivity contribution in [3.63, 3.8) is 0 Å². The minimum atomic E-state index is -0.438. The van der Waals surface area contributed by atoms with Crippen LogP contribution in [0.3, 0.4) is 0 Å². The molecule has 0 spiro atoms. The normalized spacial score (nSPS) is 33.4. The SMILES string of the molecule is C.CC1(C)c2oncc2C[C@]2(C)CC(=O)CC[C@@H]12.CC1(C)c2oncc2C[C@]2(C)C[C@@H](N3CCc4ccccc4C3)CC[C@@H]12.C[O-].[2H][2H].[C-]#[N+]C1=C[C@]2(C)C[C@@H](N3CCc4ccccc4C3)CC[C@H]2C(C)(C)C1=O.[C-]#[N+]C1C[C@]2(C)C[C@@H](N3CCc4ccccc4C3)CC[C@H]2C(C)(C)C1=O.[Na+]. The van der Waals surface area contributed by atoms with Gasteiger partial charge in [-0.15, -0.1) is 0 Å². The minimum Gasteiger partial charge on any atom is -0.857 e. The van der Waals surface area contributed by atoms with E-state index in [4.69, 9.17) is 30.3 Å². The Morgan fingerprint density at radius 1 is 0.485 bits per heavy atom. The number of nitrogens with zero attached hydrogens (tertiary/aromatic N) is 7. The van der Waals surface area contributed by atoms with Crippen molar-refractivity contribution in [1.82, 2.24) is 25.0 Å². The molecule has 13 nitrogen and oxygen atoms in total. The fourth-order valence-electron chi connectivity index (χ4n) is 23.0. The van der Waals surface area contributed by atoms with Crippen molar-refractivity contribution in [1.29, 1.82) is 0 Å². The third-order valence-corrected chi connectivity index (χ3v) is 27.4. The summed E-state index contributed by atoms with van der Waals surface area (Å²) in [6, 6.07) is 28.0. The van der Waals surface area contributed by atoms with Gasteiger partial charge in [0.2, 0.25) is 11.5 Å². The van der Waals surface area contributed by atoms with E-state index < -0.39 is 11.5 Å². The first-order valence-electron chi connectivity index (χ1n) is 37.9. The molecule has 2 aromatic heterocycles. The molecule has 5 fully saturated rings. The second-order valence-electron chi connectivity index (χ2n) is 35.0. The summed E-state index contributed by atoms with van der Waals surface area (Å²) in [4.78, 5) is 52.6. The summed E-state index contributed by atoms with van der Waals surface area (Å²) in [6.07, 6.45) is 25.1. The molecule has 8 aliphatic carbocycles. The second kappa shape index (κ2) is 29.4. The van der Waals surface area contributed by atoms with E-state index in [-0.39, 0.29) is 81.0 Å². The predicted octanol–water partition coefficient (Wildman–Crippen LogP) is 13.6. The van der Waals surface area contributed by atoms with E-state index in [2.05, 4.69) is 177 Å².